The largest absolute Gasteiger partial charge is 0.382 e. The molecule has 0 atom stereocenters. The van der Waals surface area contributed by atoms with Crippen molar-refractivity contribution in [3.63, 3.8) is 0 Å². The van der Waals surface area contributed by atoms with Crippen molar-refractivity contribution in [2.24, 2.45) is 10.9 Å². The van der Waals surface area contributed by atoms with Gasteiger partial charge in [-0.2, -0.15) is 0 Å². The maximum atomic E-state index is 13.0. The maximum absolute atomic E-state index is 13.0. The Kier molecular flexibility index (Phi) is 9.76. The molecule has 8 heteroatoms. The standard InChI is InChI=1S/C31H38N6OS/c1-5-10-25-21(6-2)19-26(35-25)28-29-30(32)34-17-18-37(29)31(36-28)23-13-8-11-22(12-9-14-23)27(38)20-39-24(7-3)15-16-33-4/h5-7,10,15-19,22-23,35H,2,4,8-9,11-14,20H2,1,3H3,(H2,32,34)/b10-5-,16-15-,24-7+. The fraction of sp³-hybridized carbons (Fsp3) is 0.355. The molecule has 0 aliphatic heterocycles. The summed E-state index contributed by atoms with van der Waals surface area (Å²) in [5, 5.41) is 0. The number of aliphatic imine (C=N–C) groups is 1. The molecule has 0 unspecified atom stereocenters. The molecule has 0 bridgehead atoms. The number of nitrogen functional groups attached to an aromatic ring is 1. The van der Waals surface area contributed by atoms with E-state index in [0.717, 1.165) is 77.4 Å². The number of rotatable bonds is 10. The van der Waals surface area contributed by atoms with Crippen LogP contribution in [0.3, 0.4) is 0 Å². The van der Waals surface area contributed by atoms with Crippen LogP contribution in [0.25, 0.3) is 29.1 Å². The Bertz CT molecular complexity index is 1420. The number of H-pyrrole nitrogens is 1. The van der Waals surface area contributed by atoms with Crippen LogP contribution in [-0.4, -0.2) is 37.6 Å². The van der Waals surface area contributed by atoms with E-state index in [0.29, 0.717) is 17.4 Å². The minimum absolute atomic E-state index is 0.117. The normalized spacial score (nSPS) is 19.0. The minimum Gasteiger partial charge on any atom is -0.382 e. The Labute approximate surface area is 235 Å². The minimum atomic E-state index is 0.117. The van der Waals surface area contributed by atoms with Crippen LogP contribution in [0.15, 0.2) is 59.4 Å². The van der Waals surface area contributed by atoms with Gasteiger partial charge in [0.2, 0.25) is 0 Å². The number of nitrogens with zero attached hydrogens (tertiary/aromatic N) is 4. The second-order valence-corrected chi connectivity index (χ2v) is 10.9. The van der Waals surface area contributed by atoms with E-state index in [1.807, 2.05) is 50.4 Å². The Hall–Kier alpha value is -3.65. The quantitative estimate of drug-likeness (QED) is 0.205. The van der Waals surface area contributed by atoms with E-state index in [-0.39, 0.29) is 11.8 Å². The Balaban J connectivity index is 1.52. The second-order valence-electron chi connectivity index (χ2n) is 9.81. The summed E-state index contributed by atoms with van der Waals surface area (Å²) in [7, 11) is 0. The van der Waals surface area contributed by atoms with Crippen molar-refractivity contribution in [2.75, 3.05) is 11.5 Å². The van der Waals surface area contributed by atoms with E-state index in [2.05, 4.69) is 38.7 Å². The number of aromatic amines is 1. The number of imidazole rings is 1. The molecule has 0 radical (unpaired) electrons. The number of thioether (sulfide) groups is 1. The molecular formula is C31H38N6OS. The number of allylic oxidation sites excluding steroid dienone is 3. The Morgan fingerprint density at radius 3 is 2.72 bits per heavy atom. The highest BCUT2D eigenvalue weighted by Gasteiger charge is 2.27. The highest BCUT2D eigenvalue weighted by Crippen LogP contribution is 2.37. The number of aromatic nitrogens is 4. The van der Waals surface area contributed by atoms with Crippen LogP contribution in [0.5, 0.6) is 0 Å². The summed E-state index contributed by atoms with van der Waals surface area (Å²) in [4.78, 5) is 30.8. The monoisotopic (exact) mass is 542 g/mol. The topological polar surface area (TPSA) is 101 Å². The van der Waals surface area contributed by atoms with Crippen LogP contribution < -0.4 is 5.73 Å². The average Bonchev–Trinajstić information content (AvgIpc) is 3.51. The van der Waals surface area contributed by atoms with E-state index < -0.39 is 0 Å². The number of nitrogens with two attached hydrogens (primary N) is 1. The SMILES string of the molecule is C=Cc1cc(-c2nc(C3CCCC(C(=O)CSC(/C=C\N=C)=C/C)CCC3)n3ccnc(N)c23)[nH]c1/C=C\C. The van der Waals surface area contributed by atoms with E-state index in [1.54, 1.807) is 24.2 Å². The predicted octanol–water partition coefficient (Wildman–Crippen LogP) is 7.46. The molecule has 4 rings (SSSR count). The van der Waals surface area contributed by atoms with Gasteiger partial charge in [0.05, 0.1) is 11.4 Å². The molecule has 3 heterocycles. The van der Waals surface area contributed by atoms with Crippen LogP contribution in [0.4, 0.5) is 5.82 Å². The highest BCUT2D eigenvalue weighted by atomic mass is 32.2. The zero-order chi connectivity index (χ0) is 27.8. The average molecular weight is 543 g/mol. The first-order valence-electron chi connectivity index (χ1n) is 13.6. The lowest BCUT2D eigenvalue weighted by Gasteiger charge is -2.23. The molecule has 1 aliphatic rings. The molecule has 3 N–H and O–H groups in total. The van der Waals surface area contributed by atoms with Gasteiger partial charge in [-0.1, -0.05) is 37.6 Å². The number of anilines is 1. The van der Waals surface area contributed by atoms with E-state index in [9.17, 15) is 4.79 Å². The van der Waals surface area contributed by atoms with Crippen molar-refractivity contribution in [3.8, 4) is 11.4 Å². The van der Waals surface area contributed by atoms with Crippen LogP contribution in [0.2, 0.25) is 0 Å². The first kappa shape index (κ1) is 28.4. The summed E-state index contributed by atoms with van der Waals surface area (Å²) in [5.74, 6) is 2.71. The van der Waals surface area contributed by atoms with Gasteiger partial charge < -0.3 is 10.7 Å². The molecule has 1 aliphatic carbocycles. The van der Waals surface area contributed by atoms with Crippen molar-refractivity contribution < 1.29 is 4.79 Å². The lowest BCUT2D eigenvalue weighted by molar-refractivity contribution is -0.120. The molecular weight excluding hydrogens is 504 g/mol. The third-order valence-electron chi connectivity index (χ3n) is 7.34. The van der Waals surface area contributed by atoms with Crippen LogP contribution in [0.1, 0.15) is 75.4 Å². The third-order valence-corrected chi connectivity index (χ3v) is 8.47. The van der Waals surface area contributed by atoms with Gasteiger partial charge in [-0.15, -0.1) is 11.8 Å². The summed E-state index contributed by atoms with van der Waals surface area (Å²) in [6.07, 6.45) is 20.9. The predicted molar refractivity (Wildman–Crippen MR) is 166 cm³/mol. The molecule has 1 fully saturated rings. The van der Waals surface area contributed by atoms with Crippen molar-refractivity contribution in [2.45, 2.75) is 58.3 Å². The molecule has 204 valence electrons. The fourth-order valence-corrected chi connectivity index (χ4v) is 6.24. The molecule has 0 aromatic carbocycles. The van der Waals surface area contributed by atoms with E-state index in [4.69, 9.17) is 10.7 Å². The number of ketones is 1. The summed E-state index contributed by atoms with van der Waals surface area (Å²) in [6, 6.07) is 2.07. The molecule has 3 aromatic rings. The Morgan fingerprint density at radius 1 is 1.28 bits per heavy atom. The zero-order valence-electron chi connectivity index (χ0n) is 22.9. The van der Waals surface area contributed by atoms with E-state index in [1.165, 1.54) is 0 Å². The summed E-state index contributed by atoms with van der Waals surface area (Å²) < 4.78 is 2.11. The van der Waals surface area contributed by atoms with Crippen molar-refractivity contribution in [3.05, 3.63) is 71.5 Å². The van der Waals surface area contributed by atoms with Gasteiger partial charge in [0.15, 0.2) is 0 Å². The number of hydrogen-bond donors (Lipinski definition) is 2. The van der Waals surface area contributed by atoms with Gasteiger partial charge in [0.1, 0.15) is 28.6 Å². The van der Waals surface area contributed by atoms with Crippen LogP contribution in [-0.2, 0) is 4.79 Å². The van der Waals surface area contributed by atoms with Crippen LogP contribution in [0, 0.1) is 5.92 Å². The molecule has 0 amide bonds. The summed E-state index contributed by atoms with van der Waals surface area (Å²) in [6.45, 7) is 11.4. The summed E-state index contributed by atoms with van der Waals surface area (Å²) in [5.41, 5.74) is 10.9. The molecule has 1 saturated carbocycles. The third kappa shape index (κ3) is 6.50. The summed E-state index contributed by atoms with van der Waals surface area (Å²) >= 11 is 1.58. The van der Waals surface area contributed by atoms with Crippen molar-refractivity contribution in [1.29, 1.82) is 0 Å². The zero-order valence-corrected chi connectivity index (χ0v) is 23.7. The smallest absolute Gasteiger partial charge is 0.150 e. The first-order chi connectivity index (χ1) is 19.0. The highest BCUT2D eigenvalue weighted by molar-refractivity contribution is 8.03. The first-order valence-corrected chi connectivity index (χ1v) is 14.5. The van der Waals surface area contributed by atoms with Gasteiger partial charge in [-0.25, -0.2) is 9.97 Å². The van der Waals surface area contributed by atoms with Crippen molar-refractivity contribution >= 4 is 47.7 Å². The molecule has 3 aromatic heterocycles. The molecule has 0 saturated heterocycles. The molecule has 7 nitrogen and oxygen atoms in total. The number of hydrogen-bond acceptors (Lipinski definition) is 6. The molecule has 0 spiro atoms. The number of carbonyl (C=O) groups is 1. The van der Waals surface area contributed by atoms with Gasteiger partial charge in [0.25, 0.3) is 0 Å². The number of nitrogens with one attached hydrogen (secondary N) is 1. The number of Topliss-reactive ketones (excluding diaryl/α,β-unsaturated/α-hetero) is 1. The van der Waals surface area contributed by atoms with E-state index >= 15 is 0 Å². The van der Waals surface area contributed by atoms with Gasteiger partial charge in [0, 0.05) is 41.0 Å². The van der Waals surface area contributed by atoms with Crippen LogP contribution >= 0.6 is 11.8 Å². The van der Waals surface area contributed by atoms with Crippen molar-refractivity contribution in [1.82, 2.24) is 19.4 Å². The number of fused-ring (bicyclic) bond motifs is 1. The van der Waals surface area contributed by atoms with Gasteiger partial charge >= 0.3 is 0 Å². The van der Waals surface area contributed by atoms with Gasteiger partial charge in [-0.05, 0) is 70.0 Å². The lowest BCUT2D eigenvalue weighted by atomic mass is 9.84. The number of carbonyl (C=O) groups excluding carboxylic acids is 1. The lowest BCUT2D eigenvalue weighted by Crippen LogP contribution is -2.20. The fourth-order valence-electron chi connectivity index (χ4n) is 5.37. The second kappa shape index (κ2) is 13.4. The Morgan fingerprint density at radius 2 is 2.05 bits per heavy atom. The molecule has 39 heavy (non-hydrogen) atoms. The maximum Gasteiger partial charge on any atom is 0.150 e. The van der Waals surface area contributed by atoms with Gasteiger partial charge in [-0.3, -0.25) is 14.2 Å².